The molecular weight excluding hydrogens is 248 g/mol. The van der Waals surface area contributed by atoms with Gasteiger partial charge in [0.15, 0.2) is 0 Å². The minimum atomic E-state index is -0.273. The molecule has 0 atom stereocenters. The molecule has 0 saturated heterocycles. The standard InChI is InChI=1S/C2H2O2S6/c3-1(5)7-9-10-8-2(4)6/h(H,3,5)(H,4,6). The smallest absolute Gasteiger partial charge is 0.254 e. The maximum atomic E-state index is 10.2. The minimum absolute atomic E-state index is 0.273. The molecule has 0 unspecified atom stereocenters. The third kappa shape index (κ3) is 9.44. The first-order valence-electron chi connectivity index (χ1n) is 1.76. The summed E-state index contributed by atoms with van der Waals surface area (Å²) in [6.07, 6.45) is 0. The van der Waals surface area contributed by atoms with E-state index in [9.17, 15) is 9.59 Å². The molecule has 0 radical (unpaired) electrons. The molecule has 0 amide bonds. The van der Waals surface area contributed by atoms with Crippen LogP contribution in [0.3, 0.4) is 0 Å². The van der Waals surface area contributed by atoms with Crippen LogP contribution in [0.4, 0.5) is 9.59 Å². The highest BCUT2D eigenvalue weighted by molar-refractivity contribution is 9.29. The maximum Gasteiger partial charge on any atom is 0.254 e. The molecule has 0 aliphatic carbocycles. The second kappa shape index (κ2) is 7.11. The van der Waals surface area contributed by atoms with E-state index in [-0.39, 0.29) is 8.89 Å². The molecule has 0 aromatic carbocycles. The van der Waals surface area contributed by atoms with Crippen LogP contribution in [0.2, 0.25) is 0 Å². The molecule has 2 nitrogen and oxygen atoms in total. The first kappa shape index (κ1) is 11.4. The number of carbonyl (C=O) groups excluding carboxylic acids is 2. The largest absolute Gasteiger partial charge is 0.274 e. The van der Waals surface area contributed by atoms with Crippen LogP contribution in [0.5, 0.6) is 0 Å². The summed E-state index contributed by atoms with van der Waals surface area (Å²) in [5, 5.41) is 0. The highest BCUT2D eigenvalue weighted by Crippen LogP contribution is 2.44. The molecule has 0 aromatic heterocycles. The third-order valence-corrected chi connectivity index (χ3v) is 6.71. The van der Waals surface area contributed by atoms with Crippen molar-refractivity contribution in [2.24, 2.45) is 0 Å². The Morgan fingerprint density at radius 2 is 1.20 bits per heavy atom. The predicted octanol–water partition coefficient (Wildman–Crippen LogP) is 3.76. The molecular formula is C2H2O2S6. The molecule has 58 valence electrons. The second-order valence-electron chi connectivity index (χ2n) is 0.835. The Balaban J connectivity index is 3.06. The van der Waals surface area contributed by atoms with Gasteiger partial charge >= 0.3 is 0 Å². The van der Waals surface area contributed by atoms with Crippen molar-refractivity contribution in [3.63, 3.8) is 0 Å². The van der Waals surface area contributed by atoms with Gasteiger partial charge in [-0.2, -0.15) is 0 Å². The van der Waals surface area contributed by atoms with Gasteiger partial charge in [0, 0.05) is 21.6 Å². The summed E-state index contributed by atoms with van der Waals surface area (Å²) >= 11 is 7.00. The van der Waals surface area contributed by atoms with E-state index in [1.807, 2.05) is 0 Å². The van der Waals surface area contributed by atoms with Gasteiger partial charge in [-0.1, -0.05) is 25.3 Å². The lowest BCUT2D eigenvalue weighted by molar-refractivity contribution is 0.276. The Bertz CT molecular complexity index is 118. The fourth-order valence-electron chi connectivity index (χ4n) is 0.0860. The van der Waals surface area contributed by atoms with Crippen molar-refractivity contribution in [1.82, 2.24) is 0 Å². The Kier molecular flexibility index (Phi) is 8.13. The third-order valence-electron chi connectivity index (χ3n) is 0.238. The molecule has 10 heavy (non-hydrogen) atoms. The summed E-state index contributed by atoms with van der Waals surface area (Å²) < 4.78 is -0.547. The average molecular weight is 250 g/mol. The maximum absolute atomic E-state index is 10.2. The van der Waals surface area contributed by atoms with E-state index in [0.29, 0.717) is 0 Å². The van der Waals surface area contributed by atoms with Crippen molar-refractivity contribution in [3.8, 4) is 0 Å². The number of hydrogen-bond acceptors (Lipinski definition) is 6. The zero-order chi connectivity index (χ0) is 7.98. The van der Waals surface area contributed by atoms with Crippen molar-refractivity contribution in [2.45, 2.75) is 0 Å². The van der Waals surface area contributed by atoms with Gasteiger partial charge in [0.25, 0.3) is 8.89 Å². The fourth-order valence-corrected chi connectivity index (χ4v) is 5.46. The molecule has 0 heterocycles. The van der Waals surface area contributed by atoms with Gasteiger partial charge < -0.3 is 0 Å². The second-order valence-corrected chi connectivity index (χ2v) is 7.87. The molecule has 0 bridgehead atoms. The molecule has 0 rings (SSSR count). The van der Waals surface area contributed by atoms with Crippen molar-refractivity contribution < 1.29 is 9.59 Å². The normalized spacial score (nSPS) is 9.40. The highest BCUT2D eigenvalue weighted by Gasteiger charge is 1.99. The summed E-state index contributed by atoms with van der Waals surface area (Å²) in [5.41, 5.74) is 0. The first-order chi connectivity index (χ1) is 4.63. The van der Waals surface area contributed by atoms with Crippen LogP contribution in [0, 0.1) is 0 Å². The zero-order valence-corrected chi connectivity index (χ0v) is 9.40. The Morgan fingerprint density at radius 3 is 1.40 bits per heavy atom. The highest BCUT2D eigenvalue weighted by atomic mass is 33.7. The van der Waals surface area contributed by atoms with Gasteiger partial charge in [-0.25, -0.2) is 0 Å². The van der Waals surface area contributed by atoms with Gasteiger partial charge in [0.2, 0.25) is 0 Å². The number of thiol groups is 2. The van der Waals surface area contributed by atoms with Gasteiger partial charge in [-0.05, 0) is 19.7 Å². The number of rotatable bonds is 3. The van der Waals surface area contributed by atoms with Crippen molar-refractivity contribution in [2.75, 3.05) is 0 Å². The van der Waals surface area contributed by atoms with Crippen LogP contribution in [0.25, 0.3) is 0 Å². The summed E-state index contributed by atoms with van der Waals surface area (Å²) in [5.74, 6) is 0. The lowest BCUT2D eigenvalue weighted by atomic mass is 11.8. The van der Waals surface area contributed by atoms with Crippen LogP contribution in [-0.2, 0) is 0 Å². The van der Waals surface area contributed by atoms with Crippen LogP contribution in [0.15, 0.2) is 0 Å². The Labute approximate surface area is 84.4 Å². The summed E-state index contributed by atoms with van der Waals surface area (Å²) in [6, 6.07) is 0. The predicted molar refractivity (Wildman–Crippen MR) is 59.1 cm³/mol. The number of hydrogen-bond donors (Lipinski definition) is 2. The van der Waals surface area contributed by atoms with Crippen LogP contribution in [-0.4, -0.2) is 8.89 Å². The molecule has 0 N–H and O–H groups in total. The molecule has 8 heteroatoms. The summed E-state index contributed by atoms with van der Waals surface area (Å²) in [7, 11) is 4.32. The molecule has 0 saturated carbocycles. The van der Waals surface area contributed by atoms with E-state index in [0.717, 1.165) is 21.6 Å². The fraction of sp³-hybridized carbons (Fsp3) is 0. The quantitative estimate of drug-likeness (QED) is 0.451. The number of carbonyl (C=O) groups is 2. The van der Waals surface area contributed by atoms with Crippen LogP contribution in [0.1, 0.15) is 0 Å². The van der Waals surface area contributed by atoms with Crippen LogP contribution < -0.4 is 0 Å². The first-order valence-corrected chi connectivity index (χ1v) is 7.47. The van der Waals surface area contributed by atoms with Gasteiger partial charge in [0.05, 0.1) is 0 Å². The topological polar surface area (TPSA) is 34.1 Å². The van der Waals surface area contributed by atoms with Crippen LogP contribution >= 0.6 is 66.5 Å². The van der Waals surface area contributed by atoms with Gasteiger partial charge in [-0.3, -0.25) is 9.59 Å². The van der Waals surface area contributed by atoms with Gasteiger partial charge in [0.1, 0.15) is 0 Å². The van der Waals surface area contributed by atoms with E-state index in [1.165, 1.54) is 19.7 Å². The van der Waals surface area contributed by atoms with Crippen molar-refractivity contribution in [1.29, 1.82) is 0 Å². The Morgan fingerprint density at radius 1 is 0.900 bits per heavy atom. The molecule has 0 aliphatic rings. The minimum Gasteiger partial charge on any atom is -0.274 e. The van der Waals surface area contributed by atoms with E-state index in [1.54, 1.807) is 0 Å². The van der Waals surface area contributed by atoms with E-state index < -0.39 is 0 Å². The molecule has 0 spiro atoms. The Hall–Kier alpha value is 1.44. The summed E-state index contributed by atoms with van der Waals surface area (Å²) in [6.45, 7) is 0. The summed E-state index contributed by atoms with van der Waals surface area (Å²) in [4.78, 5) is 20.3. The SMILES string of the molecule is O=C(S)SSSSC(=O)S. The van der Waals surface area contributed by atoms with Gasteiger partial charge in [-0.15, -0.1) is 0 Å². The van der Waals surface area contributed by atoms with E-state index >= 15 is 0 Å². The zero-order valence-electron chi connectivity index (χ0n) is 4.34. The lowest BCUT2D eigenvalue weighted by Gasteiger charge is -1.89. The molecule has 0 fully saturated rings. The van der Waals surface area contributed by atoms with E-state index in [2.05, 4.69) is 25.3 Å². The monoisotopic (exact) mass is 250 g/mol. The lowest BCUT2D eigenvalue weighted by Crippen LogP contribution is -1.63. The molecule has 0 aromatic rings. The average Bonchev–Trinajstić information content (AvgIpc) is 1.79. The van der Waals surface area contributed by atoms with Crippen molar-refractivity contribution >= 4 is 75.4 Å². The van der Waals surface area contributed by atoms with Crippen molar-refractivity contribution in [3.05, 3.63) is 0 Å². The molecule has 0 aliphatic heterocycles. The van der Waals surface area contributed by atoms with E-state index in [4.69, 9.17) is 0 Å².